The van der Waals surface area contributed by atoms with Crippen LogP contribution in [0.5, 0.6) is 0 Å². The molecule has 0 aromatic heterocycles. The van der Waals surface area contributed by atoms with Crippen molar-refractivity contribution in [2.45, 2.75) is 48.2 Å². The van der Waals surface area contributed by atoms with Gasteiger partial charge >= 0.3 is 0 Å². The number of nitriles is 1. The second-order valence-corrected chi connectivity index (χ2v) is 6.89. The monoisotopic (exact) mass is 215 g/mol. The van der Waals surface area contributed by atoms with Crippen LogP contribution in [0.3, 0.4) is 0 Å². The molecule has 0 aromatic rings. The van der Waals surface area contributed by atoms with Gasteiger partial charge in [-0.2, -0.15) is 5.26 Å². The molecular formula is C9H13NO3S. The van der Waals surface area contributed by atoms with E-state index >= 15 is 0 Å². The van der Waals surface area contributed by atoms with Gasteiger partial charge in [0.25, 0.3) is 0 Å². The zero-order chi connectivity index (χ0) is 10.4. The van der Waals surface area contributed by atoms with Crippen molar-refractivity contribution < 1.29 is 13.5 Å². The Labute approximate surface area is 83.5 Å². The normalized spacial score (nSPS) is 44.6. The van der Waals surface area contributed by atoms with Crippen LogP contribution >= 0.6 is 0 Å². The predicted octanol–water partition coefficient (Wildman–Crippen LogP) is 0.371. The lowest BCUT2D eigenvalue weighted by molar-refractivity contribution is 0.0262. The summed E-state index contributed by atoms with van der Waals surface area (Å²) in [6.07, 6.45) is 1.86. The molecule has 0 spiro atoms. The van der Waals surface area contributed by atoms with Crippen LogP contribution in [0.2, 0.25) is 0 Å². The van der Waals surface area contributed by atoms with Crippen LogP contribution in [0.25, 0.3) is 0 Å². The first kappa shape index (κ1) is 9.94. The summed E-state index contributed by atoms with van der Waals surface area (Å²) >= 11 is 0. The molecule has 1 N–H and O–H groups in total. The summed E-state index contributed by atoms with van der Waals surface area (Å²) in [5, 5.41) is 17.7. The van der Waals surface area contributed by atoms with Crippen molar-refractivity contribution in [2.24, 2.45) is 0 Å². The first-order valence-electron chi connectivity index (χ1n) is 4.80. The van der Waals surface area contributed by atoms with Crippen molar-refractivity contribution >= 4 is 9.84 Å². The maximum absolute atomic E-state index is 11.7. The Balaban J connectivity index is 2.26. The first-order valence-corrected chi connectivity index (χ1v) is 6.41. The van der Waals surface area contributed by atoms with Gasteiger partial charge in [0.15, 0.2) is 9.84 Å². The molecular weight excluding hydrogens is 202 g/mol. The number of nitrogens with zero attached hydrogens (tertiary/aromatic N) is 1. The summed E-state index contributed by atoms with van der Waals surface area (Å²) < 4.78 is 23.3. The van der Waals surface area contributed by atoms with Crippen LogP contribution in [-0.2, 0) is 9.84 Å². The molecule has 2 atom stereocenters. The predicted molar refractivity (Wildman–Crippen MR) is 50.1 cm³/mol. The molecule has 0 radical (unpaired) electrons. The van der Waals surface area contributed by atoms with Crippen molar-refractivity contribution in [3.05, 3.63) is 0 Å². The van der Waals surface area contributed by atoms with E-state index in [1.807, 2.05) is 6.07 Å². The maximum Gasteiger partial charge on any atom is 0.156 e. The summed E-state index contributed by atoms with van der Waals surface area (Å²) in [5.74, 6) is 0. The highest BCUT2D eigenvalue weighted by atomic mass is 32.2. The average molecular weight is 215 g/mol. The van der Waals surface area contributed by atoms with E-state index < -0.39 is 25.9 Å². The van der Waals surface area contributed by atoms with Gasteiger partial charge in [0.05, 0.1) is 28.6 Å². The van der Waals surface area contributed by atoms with E-state index in [2.05, 4.69) is 0 Å². The van der Waals surface area contributed by atoms with Crippen molar-refractivity contribution in [3.8, 4) is 6.07 Å². The van der Waals surface area contributed by atoms with Gasteiger partial charge in [-0.05, 0) is 25.7 Å². The van der Waals surface area contributed by atoms with E-state index in [9.17, 15) is 13.5 Å². The maximum atomic E-state index is 11.7. The van der Waals surface area contributed by atoms with Crippen LogP contribution in [0.1, 0.15) is 32.1 Å². The third-order valence-corrected chi connectivity index (χ3v) is 6.03. The summed E-state index contributed by atoms with van der Waals surface area (Å²) in [6, 6.07) is 1.93. The number of sulfone groups is 1. The molecule has 0 aromatic carbocycles. The fourth-order valence-corrected chi connectivity index (χ4v) is 5.19. The number of hydrogen-bond donors (Lipinski definition) is 1. The minimum atomic E-state index is -2.99. The third kappa shape index (κ3) is 1.33. The molecule has 2 bridgehead atoms. The van der Waals surface area contributed by atoms with Crippen molar-refractivity contribution in [1.82, 2.24) is 0 Å². The van der Waals surface area contributed by atoms with Gasteiger partial charge in [-0.3, -0.25) is 0 Å². The van der Waals surface area contributed by atoms with Gasteiger partial charge in [0.2, 0.25) is 0 Å². The summed E-state index contributed by atoms with van der Waals surface area (Å²) in [5.41, 5.74) is -1.05. The SMILES string of the molecule is N#CCC1(O)CC2CCC(C1)S2(=O)=O. The fourth-order valence-electron chi connectivity index (χ4n) is 2.63. The van der Waals surface area contributed by atoms with Gasteiger partial charge in [-0.25, -0.2) is 8.42 Å². The topological polar surface area (TPSA) is 78.2 Å². The van der Waals surface area contributed by atoms with Gasteiger partial charge in [-0.15, -0.1) is 0 Å². The van der Waals surface area contributed by atoms with Crippen molar-refractivity contribution in [2.75, 3.05) is 0 Å². The minimum absolute atomic E-state index is 0.0511. The average Bonchev–Trinajstić information content (AvgIpc) is 2.31. The van der Waals surface area contributed by atoms with Crippen LogP contribution in [-0.4, -0.2) is 29.6 Å². The van der Waals surface area contributed by atoms with E-state index in [4.69, 9.17) is 5.26 Å². The largest absolute Gasteiger partial charge is 0.389 e. The van der Waals surface area contributed by atoms with Crippen molar-refractivity contribution in [3.63, 3.8) is 0 Å². The number of aliphatic hydroxyl groups is 1. The summed E-state index contributed by atoms with van der Waals surface area (Å²) in [4.78, 5) is 0. The van der Waals surface area contributed by atoms with E-state index in [0.29, 0.717) is 12.8 Å². The highest BCUT2D eigenvalue weighted by Crippen LogP contribution is 2.44. The Kier molecular flexibility index (Phi) is 2.09. The Hall–Kier alpha value is -0.600. The number of hydrogen-bond acceptors (Lipinski definition) is 4. The fraction of sp³-hybridized carbons (Fsp3) is 0.889. The Bertz CT molecular complexity index is 361. The molecule has 2 aliphatic heterocycles. The molecule has 5 heteroatoms. The first-order chi connectivity index (χ1) is 6.48. The second kappa shape index (κ2) is 2.94. The molecule has 2 aliphatic rings. The van der Waals surface area contributed by atoms with Crippen molar-refractivity contribution in [1.29, 1.82) is 5.26 Å². The smallest absolute Gasteiger partial charge is 0.156 e. The van der Waals surface area contributed by atoms with Crippen LogP contribution in [0, 0.1) is 11.3 Å². The van der Waals surface area contributed by atoms with Gasteiger partial charge in [-0.1, -0.05) is 0 Å². The highest BCUT2D eigenvalue weighted by Gasteiger charge is 2.52. The molecule has 0 saturated carbocycles. The lowest BCUT2D eigenvalue weighted by atomic mass is 9.91. The zero-order valence-electron chi connectivity index (χ0n) is 7.81. The molecule has 2 unspecified atom stereocenters. The van der Waals surface area contributed by atoms with E-state index in [1.165, 1.54) is 0 Å². The second-order valence-electron chi connectivity index (χ2n) is 4.38. The van der Waals surface area contributed by atoms with E-state index in [-0.39, 0.29) is 19.3 Å². The summed E-state index contributed by atoms with van der Waals surface area (Å²) in [6.45, 7) is 0. The Morgan fingerprint density at radius 3 is 2.29 bits per heavy atom. The zero-order valence-corrected chi connectivity index (χ0v) is 8.63. The quantitative estimate of drug-likeness (QED) is 0.685. The lowest BCUT2D eigenvalue weighted by Crippen LogP contribution is -2.44. The van der Waals surface area contributed by atoms with Crippen LogP contribution in [0.4, 0.5) is 0 Å². The van der Waals surface area contributed by atoms with E-state index in [0.717, 1.165) is 0 Å². The molecule has 2 fully saturated rings. The Morgan fingerprint density at radius 1 is 1.36 bits per heavy atom. The highest BCUT2D eigenvalue weighted by molar-refractivity contribution is 7.93. The molecule has 78 valence electrons. The molecule has 14 heavy (non-hydrogen) atoms. The summed E-state index contributed by atoms with van der Waals surface area (Å²) in [7, 11) is -2.99. The Morgan fingerprint density at radius 2 is 1.86 bits per heavy atom. The molecule has 2 rings (SSSR count). The van der Waals surface area contributed by atoms with E-state index in [1.54, 1.807) is 0 Å². The standard InChI is InChI=1S/C9H13NO3S/c10-4-3-9(11)5-7-1-2-8(6-9)14(7,12)13/h7-8,11H,1-3,5-6H2. The van der Waals surface area contributed by atoms with Gasteiger partial charge < -0.3 is 5.11 Å². The molecule has 0 aliphatic carbocycles. The third-order valence-electron chi connectivity index (χ3n) is 3.36. The number of rotatable bonds is 1. The van der Waals surface area contributed by atoms with Crippen LogP contribution < -0.4 is 0 Å². The van der Waals surface area contributed by atoms with Gasteiger partial charge in [0.1, 0.15) is 0 Å². The molecule has 0 amide bonds. The minimum Gasteiger partial charge on any atom is -0.389 e. The molecule has 2 heterocycles. The molecule has 2 saturated heterocycles. The molecule has 4 nitrogen and oxygen atoms in total. The van der Waals surface area contributed by atoms with Crippen LogP contribution in [0.15, 0.2) is 0 Å². The van der Waals surface area contributed by atoms with Gasteiger partial charge in [0, 0.05) is 0 Å². The number of fused-ring (bicyclic) bond motifs is 2. The lowest BCUT2D eigenvalue weighted by Gasteiger charge is -2.34.